The second kappa shape index (κ2) is 9.29. The molecule has 1 aromatic carbocycles. The van der Waals surface area contributed by atoms with Gasteiger partial charge in [-0.05, 0) is 36.6 Å². The van der Waals surface area contributed by atoms with Gasteiger partial charge in [0.1, 0.15) is 12.3 Å². The van der Waals surface area contributed by atoms with Crippen LogP contribution >= 0.6 is 0 Å². The van der Waals surface area contributed by atoms with E-state index in [2.05, 4.69) is 30.0 Å². The van der Waals surface area contributed by atoms with Crippen molar-refractivity contribution >= 4 is 17.8 Å². The van der Waals surface area contributed by atoms with Crippen molar-refractivity contribution in [2.75, 3.05) is 13.2 Å². The fourth-order valence-corrected chi connectivity index (χ4v) is 1.53. The van der Waals surface area contributed by atoms with Gasteiger partial charge in [0.25, 0.3) is 11.8 Å². The summed E-state index contributed by atoms with van der Waals surface area (Å²) in [6.45, 7) is 4.53. The molecule has 8 heteroatoms. The van der Waals surface area contributed by atoms with Crippen LogP contribution in [0.25, 0.3) is 0 Å². The SMILES string of the molecule is CC(C)CCOc1ccc(C(=O)NNC(=O)CNC(N)=O)cc1. The van der Waals surface area contributed by atoms with Crippen molar-refractivity contribution in [3.8, 4) is 5.75 Å². The molecule has 0 atom stereocenters. The van der Waals surface area contributed by atoms with E-state index in [1.54, 1.807) is 24.3 Å². The van der Waals surface area contributed by atoms with Gasteiger partial charge in [-0.2, -0.15) is 0 Å². The van der Waals surface area contributed by atoms with Crippen LogP contribution in [0, 0.1) is 5.92 Å². The molecular weight excluding hydrogens is 300 g/mol. The Morgan fingerprint density at radius 2 is 1.78 bits per heavy atom. The van der Waals surface area contributed by atoms with Crippen LogP contribution in [0.4, 0.5) is 4.79 Å². The Hall–Kier alpha value is -2.77. The predicted octanol–water partition coefficient (Wildman–Crippen LogP) is 0.541. The average Bonchev–Trinajstić information content (AvgIpc) is 2.51. The van der Waals surface area contributed by atoms with Crippen LogP contribution in [0.15, 0.2) is 24.3 Å². The lowest BCUT2D eigenvalue weighted by molar-refractivity contribution is -0.120. The molecule has 126 valence electrons. The molecule has 0 spiro atoms. The summed E-state index contributed by atoms with van der Waals surface area (Å²) in [5.41, 5.74) is 9.58. The number of rotatable bonds is 7. The number of carbonyl (C=O) groups excluding carboxylic acids is 3. The first-order chi connectivity index (χ1) is 10.9. The molecule has 1 aromatic rings. The third-order valence-corrected chi connectivity index (χ3v) is 2.82. The lowest BCUT2D eigenvalue weighted by atomic mass is 10.1. The summed E-state index contributed by atoms with van der Waals surface area (Å²) < 4.78 is 5.55. The third-order valence-electron chi connectivity index (χ3n) is 2.82. The summed E-state index contributed by atoms with van der Waals surface area (Å²) >= 11 is 0. The molecule has 0 aliphatic carbocycles. The molecule has 0 unspecified atom stereocenters. The normalized spacial score (nSPS) is 10.0. The molecule has 0 aliphatic heterocycles. The minimum Gasteiger partial charge on any atom is -0.494 e. The second-order valence-electron chi connectivity index (χ2n) is 5.28. The Labute approximate surface area is 134 Å². The number of primary amides is 1. The number of hydrazine groups is 1. The van der Waals surface area contributed by atoms with E-state index < -0.39 is 17.8 Å². The highest BCUT2D eigenvalue weighted by Gasteiger charge is 2.08. The number of carbonyl (C=O) groups is 3. The monoisotopic (exact) mass is 322 g/mol. The third kappa shape index (κ3) is 7.70. The lowest BCUT2D eigenvalue weighted by Crippen LogP contribution is -2.47. The van der Waals surface area contributed by atoms with Gasteiger partial charge in [-0.1, -0.05) is 13.8 Å². The topological polar surface area (TPSA) is 123 Å². The van der Waals surface area contributed by atoms with Gasteiger partial charge in [0, 0.05) is 5.56 Å². The molecule has 8 nitrogen and oxygen atoms in total. The van der Waals surface area contributed by atoms with Crippen LogP contribution in [-0.2, 0) is 4.79 Å². The maximum atomic E-state index is 11.8. The van der Waals surface area contributed by atoms with Crippen molar-refractivity contribution in [3.63, 3.8) is 0 Å². The van der Waals surface area contributed by atoms with Crippen LogP contribution in [0.2, 0.25) is 0 Å². The summed E-state index contributed by atoms with van der Waals surface area (Å²) in [5.74, 6) is 0.168. The zero-order valence-corrected chi connectivity index (χ0v) is 13.2. The highest BCUT2D eigenvalue weighted by molar-refractivity contribution is 5.95. The lowest BCUT2D eigenvalue weighted by Gasteiger charge is -2.10. The fourth-order valence-electron chi connectivity index (χ4n) is 1.53. The largest absolute Gasteiger partial charge is 0.494 e. The Kier molecular flexibility index (Phi) is 7.38. The molecular formula is C15H22N4O4. The highest BCUT2D eigenvalue weighted by atomic mass is 16.5. The molecule has 0 saturated carbocycles. The number of hydrogen-bond acceptors (Lipinski definition) is 4. The highest BCUT2D eigenvalue weighted by Crippen LogP contribution is 2.13. The standard InChI is InChI=1S/C15H22N4O4/c1-10(2)7-8-23-12-5-3-11(4-6-12)14(21)19-18-13(20)9-17-15(16)22/h3-6,10H,7-9H2,1-2H3,(H,18,20)(H,19,21)(H3,16,17,22). The number of benzene rings is 1. The minimum atomic E-state index is -0.820. The van der Waals surface area contributed by atoms with Crippen LogP contribution in [0.1, 0.15) is 30.6 Å². The van der Waals surface area contributed by atoms with Crippen molar-refractivity contribution in [1.29, 1.82) is 0 Å². The number of amides is 4. The fraction of sp³-hybridized carbons (Fsp3) is 0.400. The number of nitrogens with one attached hydrogen (secondary N) is 3. The van der Waals surface area contributed by atoms with E-state index in [-0.39, 0.29) is 6.54 Å². The van der Waals surface area contributed by atoms with Gasteiger partial charge >= 0.3 is 6.03 Å². The van der Waals surface area contributed by atoms with E-state index in [1.165, 1.54) is 0 Å². The summed E-state index contributed by atoms with van der Waals surface area (Å²) in [5, 5.41) is 2.10. The molecule has 4 amide bonds. The number of ether oxygens (including phenoxy) is 1. The summed E-state index contributed by atoms with van der Waals surface area (Å²) in [6.07, 6.45) is 0.952. The van der Waals surface area contributed by atoms with Gasteiger partial charge in [0.05, 0.1) is 6.61 Å². The van der Waals surface area contributed by atoms with E-state index >= 15 is 0 Å². The minimum absolute atomic E-state index is 0.321. The van der Waals surface area contributed by atoms with E-state index in [9.17, 15) is 14.4 Å². The Bertz CT molecular complexity index is 543. The second-order valence-corrected chi connectivity index (χ2v) is 5.28. The molecule has 23 heavy (non-hydrogen) atoms. The molecule has 0 heterocycles. The van der Waals surface area contributed by atoms with E-state index in [1.807, 2.05) is 0 Å². The van der Waals surface area contributed by atoms with Gasteiger partial charge in [0.2, 0.25) is 0 Å². The molecule has 5 N–H and O–H groups in total. The first kappa shape index (κ1) is 18.3. The van der Waals surface area contributed by atoms with Crippen LogP contribution in [0.5, 0.6) is 5.75 Å². The number of urea groups is 1. The summed E-state index contributed by atoms with van der Waals surface area (Å²) in [4.78, 5) is 33.6. The molecule has 0 aliphatic rings. The first-order valence-corrected chi connectivity index (χ1v) is 7.24. The smallest absolute Gasteiger partial charge is 0.312 e. The molecule has 1 rings (SSSR count). The number of hydrogen-bond donors (Lipinski definition) is 4. The molecule has 0 saturated heterocycles. The van der Waals surface area contributed by atoms with Crippen LogP contribution in [-0.4, -0.2) is 31.0 Å². The van der Waals surface area contributed by atoms with Gasteiger partial charge < -0.3 is 15.8 Å². The van der Waals surface area contributed by atoms with E-state index in [0.717, 1.165) is 6.42 Å². The van der Waals surface area contributed by atoms with Crippen molar-refractivity contribution in [1.82, 2.24) is 16.2 Å². The molecule has 0 fully saturated rings. The van der Waals surface area contributed by atoms with E-state index in [4.69, 9.17) is 10.5 Å². The molecule has 0 aromatic heterocycles. The zero-order chi connectivity index (χ0) is 17.2. The quantitative estimate of drug-likeness (QED) is 0.547. The summed E-state index contributed by atoms with van der Waals surface area (Å²) in [6, 6.07) is 5.73. The van der Waals surface area contributed by atoms with Gasteiger partial charge in [-0.25, -0.2) is 4.79 Å². The Balaban J connectivity index is 2.39. The number of nitrogens with two attached hydrogens (primary N) is 1. The van der Waals surface area contributed by atoms with Crippen molar-refractivity contribution in [2.24, 2.45) is 11.7 Å². The maximum absolute atomic E-state index is 11.8. The van der Waals surface area contributed by atoms with Crippen molar-refractivity contribution in [3.05, 3.63) is 29.8 Å². The van der Waals surface area contributed by atoms with Gasteiger partial charge in [0.15, 0.2) is 0 Å². The predicted molar refractivity (Wildman–Crippen MR) is 84.6 cm³/mol. The van der Waals surface area contributed by atoms with Gasteiger partial charge in [-0.15, -0.1) is 0 Å². The van der Waals surface area contributed by atoms with Crippen molar-refractivity contribution < 1.29 is 19.1 Å². The van der Waals surface area contributed by atoms with Crippen LogP contribution < -0.4 is 26.6 Å². The maximum Gasteiger partial charge on any atom is 0.312 e. The van der Waals surface area contributed by atoms with Gasteiger partial charge in [-0.3, -0.25) is 20.4 Å². The molecule has 0 bridgehead atoms. The summed E-state index contributed by atoms with van der Waals surface area (Å²) in [7, 11) is 0. The van der Waals surface area contributed by atoms with Crippen LogP contribution in [0.3, 0.4) is 0 Å². The molecule has 0 radical (unpaired) electrons. The zero-order valence-electron chi connectivity index (χ0n) is 13.2. The Morgan fingerprint density at radius 1 is 1.13 bits per heavy atom. The first-order valence-electron chi connectivity index (χ1n) is 7.24. The Morgan fingerprint density at radius 3 is 2.35 bits per heavy atom. The van der Waals surface area contributed by atoms with E-state index in [0.29, 0.717) is 23.8 Å². The average molecular weight is 322 g/mol. The van der Waals surface area contributed by atoms with Crippen molar-refractivity contribution in [2.45, 2.75) is 20.3 Å².